The first-order valence-electron chi connectivity index (χ1n) is 11.6. The Bertz CT molecular complexity index is 1470. The zero-order valence-electron chi connectivity index (χ0n) is 19.6. The molecule has 2 aliphatic rings. The SMILES string of the molecule is CC1(C)c2cc(-c3cccs3)ccc2-c2cnc3c(c21)C(C)(C)c1cc(-c2cccs2)cnc1-3. The molecule has 4 aromatic heterocycles. The fourth-order valence-electron chi connectivity index (χ4n) is 6.02. The first-order chi connectivity index (χ1) is 16.4. The maximum Gasteiger partial charge on any atom is 0.0933 e. The van der Waals surface area contributed by atoms with Gasteiger partial charge in [0.15, 0.2) is 0 Å². The highest BCUT2D eigenvalue weighted by atomic mass is 32.1. The van der Waals surface area contributed by atoms with Gasteiger partial charge in [-0.2, -0.15) is 0 Å². The Morgan fingerprint density at radius 1 is 0.618 bits per heavy atom. The van der Waals surface area contributed by atoms with Crippen LogP contribution in [0.4, 0.5) is 0 Å². The van der Waals surface area contributed by atoms with E-state index >= 15 is 0 Å². The number of fused-ring (bicyclic) bond motifs is 7. The van der Waals surface area contributed by atoms with Crippen LogP contribution in [-0.4, -0.2) is 9.97 Å². The summed E-state index contributed by atoms with van der Waals surface area (Å²) in [6.45, 7) is 9.44. The molecule has 5 aromatic rings. The molecule has 2 nitrogen and oxygen atoms in total. The summed E-state index contributed by atoms with van der Waals surface area (Å²) in [6.07, 6.45) is 4.10. The standard InChI is InChI=1S/C30H24N2S2/c1-29(2)21-13-17(23-7-5-11-33-23)9-10-19(21)20-16-32-28-26(25(20)29)30(3,4)22-14-18(15-31-27(22)28)24-8-6-12-34-24/h5-16H,1-4H3. The highest BCUT2D eigenvalue weighted by Gasteiger charge is 2.47. The van der Waals surface area contributed by atoms with Gasteiger partial charge in [0, 0.05) is 44.1 Å². The van der Waals surface area contributed by atoms with Crippen molar-refractivity contribution in [1.29, 1.82) is 0 Å². The minimum absolute atomic E-state index is 0.110. The van der Waals surface area contributed by atoms with Crippen LogP contribution in [0.5, 0.6) is 0 Å². The molecule has 0 saturated heterocycles. The number of aromatic nitrogens is 2. The van der Waals surface area contributed by atoms with E-state index in [0.29, 0.717) is 0 Å². The quantitative estimate of drug-likeness (QED) is 0.255. The molecule has 2 aliphatic carbocycles. The summed E-state index contributed by atoms with van der Waals surface area (Å²) >= 11 is 3.56. The van der Waals surface area contributed by atoms with Crippen LogP contribution in [0.2, 0.25) is 0 Å². The van der Waals surface area contributed by atoms with Crippen molar-refractivity contribution in [2.24, 2.45) is 0 Å². The van der Waals surface area contributed by atoms with Crippen molar-refractivity contribution in [3.05, 3.63) is 93.9 Å². The molecule has 1 aromatic carbocycles. The van der Waals surface area contributed by atoms with Gasteiger partial charge >= 0.3 is 0 Å². The number of pyridine rings is 2. The molecule has 0 unspecified atom stereocenters. The van der Waals surface area contributed by atoms with Crippen LogP contribution in [0.25, 0.3) is 43.4 Å². The smallest absolute Gasteiger partial charge is 0.0933 e. The molecule has 166 valence electrons. The number of thiophene rings is 2. The Morgan fingerprint density at radius 3 is 1.97 bits per heavy atom. The highest BCUT2D eigenvalue weighted by Crippen LogP contribution is 2.58. The van der Waals surface area contributed by atoms with Gasteiger partial charge in [0.2, 0.25) is 0 Å². The zero-order chi connectivity index (χ0) is 23.2. The molecule has 0 radical (unpaired) electrons. The molecular formula is C30H24N2S2. The number of benzene rings is 1. The molecule has 0 amide bonds. The van der Waals surface area contributed by atoms with Crippen LogP contribution in [0.1, 0.15) is 49.9 Å². The van der Waals surface area contributed by atoms with Gasteiger partial charge in [0.25, 0.3) is 0 Å². The fourth-order valence-corrected chi connectivity index (χ4v) is 7.45. The molecule has 0 atom stereocenters. The van der Waals surface area contributed by atoms with Gasteiger partial charge in [-0.1, -0.05) is 52.0 Å². The number of hydrogen-bond donors (Lipinski definition) is 0. The van der Waals surface area contributed by atoms with Gasteiger partial charge < -0.3 is 0 Å². The van der Waals surface area contributed by atoms with E-state index in [-0.39, 0.29) is 10.8 Å². The second-order valence-corrected chi connectivity index (χ2v) is 12.3. The maximum absolute atomic E-state index is 5.04. The summed E-state index contributed by atoms with van der Waals surface area (Å²) in [6, 6.07) is 17.9. The van der Waals surface area contributed by atoms with Crippen LogP contribution >= 0.6 is 22.7 Å². The van der Waals surface area contributed by atoms with Gasteiger partial charge in [-0.15, -0.1) is 22.7 Å². The van der Waals surface area contributed by atoms with E-state index in [9.17, 15) is 0 Å². The second kappa shape index (κ2) is 6.74. The van der Waals surface area contributed by atoms with Gasteiger partial charge in [-0.3, -0.25) is 9.97 Å². The lowest BCUT2D eigenvalue weighted by atomic mass is 9.73. The lowest BCUT2D eigenvalue weighted by Gasteiger charge is -2.30. The van der Waals surface area contributed by atoms with Crippen LogP contribution in [0.15, 0.2) is 71.7 Å². The molecule has 0 N–H and O–H groups in total. The molecule has 7 rings (SSSR count). The Kier molecular flexibility index (Phi) is 4.03. The molecule has 34 heavy (non-hydrogen) atoms. The molecular weight excluding hydrogens is 452 g/mol. The molecule has 0 bridgehead atoms. The monoisotopic (exact) mass is 476 g/mol. The van der Waals surface area contributed by atoms with Crippen molar-refractivity contribution < 1.29 is 0 Å². The Labute approximate surface area is 208 Å². The van der Waals surface area contributed by atoms with Crippen LogP contribution in [-0.2, 0) is 10.8 Å². The average Bonchev–Trinajstić information content (AvgIpc) is 3.62. The molecule has 4 heterocycles. The fraction of sp³-hybridized carbons (Fsp3) is 0.200. The Hall–Kier alpha value is -3.08. The van der Waals surface area contributed by atoms with E-state index in [1.165, 1.54) is 54.3 Å². The number of hydrogen-bond acceptors (Lipinski definition) is 4. The van der Waals surface area contributed by atoms with E-state index in [4.69, 9.17) is 9.97 Å². The van der Waals surface area contributed by atoms with E-state index in [2.05, 4.69) is 93.2 Å². The summed E-state index contributed by atoms with van der Waals surface area (Å²) in [5.74, 6) is 0. The minimum Gasteiger partial charge on any atom is -0.254 e. The Balaban J connectivity index is 1.44. The number of nitrogens with zero attached hydrogens (tertiary/aromatic N) is 2. The molecule has 0 spiro atoms. The van der Waals surface area contributed by atoms with Gasteiger partial charge in [-0.05, 0) is 68.4 Å². The normalized spacial score (nSPS) is 16.1. The zero-order valence-corrected chi connectivity index (χ0v) is 21.3. The first kappa shape index (κ1) is 20.3. The van der Waals surface area contributed by atoms with E-state index in [1.54, 1.807) is 22.7 Å². The summed E-state index contributed by atoms with van der Waals surface area (Å²) in [5, 5.41) is 4.28. The van der Waals surface area contributed by atoms with Crippen LogP contribution in [0, 0.1) is 0 Å². The molecule has 0 aliphatic heterocycles. The van der Waals surface area contributed by atoms with Crippen molar-refractivity contribution in [2.45, 2.75) is 38.5 Å². The second-order valence-electron chi connectivity index (χ2n) is 10.4. The third kappa shape index (κ3) is 2.56. The predicted octanol–water partition coefficient (Wildman–Crippen LogP) is 8.55. The summed E-state index contributed by atoms with van der Waals surface area (Å²) in [4.78, 5) is 12.6. The maximum atomic E-state index is 5.04. The summed E-state index contributed by atoms with van der Waals surface area (Å²) in [5.41, 5.74) is 12.3. The Morgan fingerprint density at radius 2 is 1.26 bits per heavy atom. The van der Waals surface area contributed by atoms with Gasteiger partial charge in [0.05, 0.1) is 11.4 Å². The van der Waals surface area contributed by atoms with Crippen molar-refractivity contribution in [3.63, 3.8) is 0 Å². The van der Waals surface area contributed by atoms with E-state index in [1.807, 2.05) is 6.20 Å². The van der Waals surface area contributed by atoms with Crippen LogP contribution in [0.3, 0.4) is 0 Å². The number of rotatable bonds is 2. The third-order valence-electron chi connectivity index (χ3n) is 7.71. The molecule has 4 heteroatoms. The van der Waals surface area contributed by atoms with Crippen molar-refractivity contribution in [2.75, 3.05) is 0 Å². The van der Waals surface area contributed by atoms with Gasteiger partial charge in [0.1, 0.15) is 0 Å². The lowest BCUT2D eigenvalue weighted by Crippen LogP contribution is -2.24. The third-order valence-corrected chi connectivity index (χ3v) is 9.55. The van der Waals surface area contributed by atoms with E-state index in [0.717, 1.165) is 11.4 Å². The predicted molar refractivity (Wildman–Crippen MR) is 144 cm³/mol. The minimum atomic E-state index is -0.167. The van der Waals surface area contributed by atoms with Crippen molar-refractivity contribution in [3.8, 4) is 43.4 Å². The topological polar surface area (TPSA) is 25.8 Å². The highest BCUT2D eigenvalue weighted by molar-refractivity contribution is 7.13. The molecule has 0 saturated carbocycles. The largest absolute Gasteiger partial charge is 0.254 e. The summed E-state index contributed by atoms with van der Waals surface area (Å²) < 4.78 is 0. The van der Waals surface area contributed by atoms with Crippen molar-refractivity contribution >= 4 is 22.7 Å². The first-order valence-corrected chi connectivity index (χ1v) is 13.4. The lowest BCUT2D eigenvalue weighted by molar-refractivity contribution is 0.599. The van der Waals surface area contributed by atoms with E-state index < -0.39 is 0 Å². The van der Waals surface area contributed by atoms with Gasteiger partial charge in [-0.25, -0.2) is 0 Å². The van der Waals surface area contributed by atoms with Crippen LogP contribution < -0.4 is 0 Å². The average molecular weight is 477 g/mol. The molecule has 0 fully saturated rings. The summed E-state index contributed by atoms with van der Waals surface area (Å²) in [7, 11) is 0. The van der Waals surface area contributed by atoms with Crippen molar-refractivity contribution in [1.82, 2.24) is 9.97 Å².